The van der Waals surface area contributed by atoms with Gasteiger partial charge in [0.05, 0.1) is 13.2 Å². The molecular formula is C25H22Cl2N3O4P3. The van der Waals surface area contributed by atoms with Crippen molar-refractivity contribution in [2.45, 2.75) is 13.8 Å². The van der Waals surface area contributed by atoms with Crippen LogP contribution in [-0.2, 0) is 9.05 Å². The van der Waals surface area contributed by atoms with Crippen molar-refractivity contribution in [3.63, 3.8) is 0 Å². The van der Waals surface area contributed by atoms with Gasteiger partial charge in [-0.15, -0.1) is 9.03 Å². The monoisotopic (exact) mass is 591 g/mol. The molecule has 3 heterocycles. The molecule has 37 heavy (non-hydrogen) atoms. The van der Waals surface area contributed by atoms with Crippen LogP contribution < -0.4 is 9.05 Å². The summed E-state index contributed by atoms with van der Waals surface area (Å²) in [6.45, 7) is 4.88. The molecule has 0 aromatic heterocycles. The summed E-state index contributed by atoms with van der Waals surface area (Å²) in [6.07, 6.45) is 0. The SMILES string of the molecule is CC1(C)COP2(=NP3(=NP(Cl)(Cl)=N2)Oc2ccc4ccccc4c2-c2c(ccc4ccccc24)O3)OC1. The minimum Gasteiger partial charge on any atom is -0.413 e. The van der Waals surface area contributed by atoms with Gasteiger partial charge >= 0.3 is 15.3 Å². The van der Waals surface area contributed by atoms with Gasteiger partial charge in [0, 0.05) is 16.5 Å². The highest BCUT2D eigenvalue weighted by Crippen LogP contribution is 2.84. The predicted octanol–water partition coefficient (Wildman–Crippen LogP) is 10.8. The first-order valence-corrected chi connectivity index (χ1v) is 18.3. The molecule has 12 heteroatoms. The quantitative estimate of drug-likeness (QED) is 0.191. The number of fused-ring (bicyclic) bond motifs is 7. The minimum absolute atomic E-state index is 0.196. The Labute approximate surface area is 224 Å². The van der Waals surface area contributed by atoms with E-state index in [1.807, 2.05) is 62.4 Å². The molecule has 0 amide bonds. The molecule has 0 unspecified atom stereocenters. The van der Waals surface area contributed by atoms with Crippen LogP contribution in [0.25, 0.3) is 32.7 Å². The van der Waals surface area contributed by atoms with Gasteiger partial charge in [0.2, 0.25) is 0 Å². The largest absolute Gasteiger partial charge is 0.455 e. The lowest BCUT2D eigenvalue weighted by Gasteiger charge is -2.37. The van der Waals surface area contributed by atoms with E-state index in [0.717, 1.165) is 32.7 Å². The summed E-state index contributed by atoms with van der Waals surface area (Å²) in [5, 5.41) is 4.20. The van der Waals surface area contributed by atoms with Crippen LogP contribution >= 0.6 is 43.7 Å². The van der Waals surface area contributed by atoms with Gasteiger partial charge in [-0.25, -0.2) is 0 Å². The molecule has 1 fully saturated rings. The molecule has 3 aliphatic rings. The minimum atomic E-state index is -3.50. The number of hydrogen-bond donors (Lipinski definition) is 0. The summed E-state index contributed by atoms with van der Waals surface area (Å²) in [5.74, 6) is -2.12. The van der Waals surface area contributed by atoms with E-state index in [1.54, 1.807) is 0 Å². The molecule has 4 aromatic rings. The number of rotatable bonds is 0. The molecule has 3 aliphatic heterocycles. The molecule has 2 spiro atoms. The number of hydrogen-bond acceptors (Lipinski definition) is 7. The van der Waals surface area contributed by atoms with Crippen LogP contribution in [-0.4, -0.2) is 13.2 Å². The zero-order valence-electron chi connectivity index (χ0n) is 19.9. The fraction of sp³-hybridized carbons (Fsp3) is 0.200. The summed E-state index contributed by atoms with van der Waals surface area (Å²) in [7, 11) is -6.72. The predicted molar refractivity (Wildman–Crippen MR) is 154 cm³/mol. The standard InChI is InChI=1S/C25H22Cl2N3O4P3/c1-25(2)15-31-36(32-16-25)28-35(26,27)29-37(30-36)33-21-13-11-17-7-3-5-9-19(17)23(21)24-20-10-6-4-8-18(20)12-14-22(24)34-37/h3-14H,15-16H2,1-2H3. The van der Waals surface area contributed by atoms with Gasteiger partial charge in [-0.1, -0.05) is 74.5 Å². The first-order valence-electron chi connectivity index (χ1n) is 11.7. The number of halogens is 2. The van der Waals surface area contributed by atoms with E-state index < -0.39 is 21.2 Å². The molecule has 7 nitrogen and oxygen atoms in total. The van der Waals surface area contributed by atoms with Gasteiger partial charge in [0.15, 0.2) is 0 Å². The second-order valence-electron chi connectivity index (χ2n) is 9.92. The Hall–Kier alpha value is -1.81. The fourth-order valence-corrected chi connectivity index (χ4v) is 15.9. The Kier molecular flexibility index (Phi) is 5.47. The zero-order chi connectivity index (χ0) is 25.5. The Morgan fingerprint density at radius 3 is 1.70 bits per heavy atom. The van der Waals surface area contributed by atoms with Crippen molar-refractivity contribution in [3.05, 3.63) is 72.8 Å². The second kappa shape index (κ2) is 8.34. The van der Waals surface area contributed by atoms with Crippen molar-refractivity contribution in [1.82, 2.24) is 0 Å². The molecule has 0 radical (unpaired) electrons. The molecular weight excluding hydrogens is 570 g/mol. The third-order valence-electron chi connectivity index (χ3n) is 6.38. The lowest BCUT2D eigenvalue weighted by atomic mass is 9.92. The van der Waals surface area contributed by atoms with E-state index >= 15 is 0 Å². The van der Waals surface area contributed by atoms with E-state index in [1.165, 1.54) is 0 Å². The van der Waals surface area contributed by atoms with Crippen molar-refractivity contribution in [2.75, 3.05) is 13.2 Å². The van der Waals surface area contributed by atoms with E-state index in [9.17, 15) is 0 Å². The van der Waals surface area contributed by atoms with E-state index in [4.69, 9.17) is 45.1 Å². The van der Waals surface area contributed by atoms with E-state index in [2.05, 4.69) is 33.3 Å². The lowest BCUT2D eigenvalue weighted by molar-refractivity contribution is 0.0566. The van der Waals surface area contributed by atoms with E-state index in [-0.39, 0.29) is 5.41 Å². The summed E-state index contributed by atoms with van der Waals surface area (Å²) >= 11 is 13.4. The average molecular weight is 592 g/mol. The molecule has 0 aliphatic carbocycles. The highest BCUT2D eigenvalue weighted by molar-refractivity contribution is 8.13. The van der Waals surface area contributed by atoms with Crippen molar-refractivity contribution in [3.8, 4) is 22.6 Å². The first-order chi connectivity index (χ1) is 17.7. The fourth-order valence-electron chi connectivity index (χ4n) is 4.69. The maximum atomic E-state index is 6.71. The summed E-state index contributed by atoms with van der Waals surface area (Å²) < 4.78 is 39.7. The third-order valence-corrected chi connectivity index (χ3v) is 16.0. The van der Waals surface area contributed by atoms with Crippen molar-refractivity contribution in [1.29, 1.82) is 0 Å². The maximum absolute atomic E-state index is 6.71. The second-order valence-corrected chi connectivity index (χ2v) is 19.2. The molecule has 0 saturated carbocycles. The third kappa shape index (κ3) is 4.17. The molecule has 1 saturated heterocycles. The van der Waals surface area contributed by atoms with Crippen LogP contribution in [0.3, 0.4) is 0 Å². The lowest BCUT2D eigenvalue weighted by Crippen LogP contribution is -2.29. The van der Waals surface area contributed by atoms with Crippen molar-refractivity contribution in [2.24, 2.45) is 19.0 Å². The zero-order valence-corrected chi connectivity index (χ0v) is 24.1. The summed E-state index contributed by atoms with van der Waals surface area (Å²) in [6, 6.07) is 24.2. The highest BCUT2D eigenvalue weighted by Gasteiger charge is 2.47. The van der Waals surface area contributed by atoms with Gasteiger partial charge in [-0.05, 0) is 56.2 Å². The maximum Gasteiger partial charge on any atom is 0.455 e. The summed E-state index contributed by atoms with van der Waals surface area (Å²) in [5.41, 5.74) is 1.61. The average Bonchev–Trinajstić information content (AvgIpc) is 2.99. The molecule has 190 valence electrons. The topological polar surface area (TPSA) is 74.0 Å². The molecule has 4 aromatic carbocycles. The molecule has 7 rings (SSSR count). The van der Waals surface area contributed by atoms with Crippen LogP contribution in [0.1, 0.15) is 13.8 Å². The Balaban J connectivity index is 1.55. The van der Waals surface area contributed by atoms with Crippen LogP contribution in [0.4, 0.5) is 0 Å². The van der Waals surface area contributed by atoms with Crippen molar-refractivity contribution < 1.29 is 18.1 Å². The van der Waals surface area contributed by atoms with Crippen LogP contribution in [0.2, 0.25) is 0 Å². The number of nitrogens with zero attached hydrogens (tertiary/aromatic N) is 3. The van der Waals surface area contributed by atoms with Crippen LogP contribution in [0, 0.1) is 5.41 Å². The highest BCUT2D eigenvalue weighted by atomic mass is 35.9. The van der Waals surface area contributed by atoms with E-state index in [0.29, 0.717) is 24.7 Å². The van der Waals surface area contributed by atoms with Crippen molar-refractivity contribution >= 4 is 65.3 Å². The van der Waals surface area contributed by atoms with Gasteiger partial charge in [-0.3, -0.25) is 0 Å². The first kappa shape index (κ1) is 24.2. The Morgan fingerprint density at radius 2 is 1.16 bits per heavy atom. The normalized spacial score (nSPS) is 21.9. The Morgan fingerprint density at radius 1 is 0.649 bits per heavy atom. The van der Waals surface area contributed by atoms with Gasteiger partial charge in [-0.2, -0.15) is 4.52 Å². The van der Waals surface area contributed by atoms with Gasteiger partial charge in [0.25, 0.3) is 5.91 Å². The Bertz CT molecular complexity index is 1700. The number of benzene rings is 4. The molecule has 0 bridgehead atoms. The summed E-state index contributed by atoms with van der Waals surface area (Å²) in [4.78, 5) is 0. The van der Waals surface area contributed by atoms with Crippen LogP contribution in [0.5, 0.6) is 11.5 Å². The molecule has 0 atom stereocenters. The van der Waals surface area contributed by atoms with Gasteiger partial charge in [0.1, 0.15) is 11.5 Å². The smallest absolute Gasteiger partial charge is 0.413 e. The molecule has 0 N–H and O–H groups in total. The van der Waals surface area contributed by atoms with Gasteiger partial charge < -0.3 is 18.1 Å². The van der Waals surface area contributed by atoms with Crippen LogP contribution in [0.15, 0.2) is 86.3 Å².